The average molecular weight is 313 g/mol. The van der Waals surface area contributed by atoms with Gasteiger partial charge in [-0.25, -0.2) is 0 Å². The van der Waals surface area contributed by atoms with Crippen molar-refractivity contribution in [3.63, 3.8) is 0 Å². The van der Waals surface area contributed by atoms with Crippen molar-refractivity contribution < 1.29 is 14.7 Å². The number of hydrogen-bond donors (Lipinski definition) is 1. The molecule has 0 bridgehead atoms. The van der Waals surface area contributed by atoms with Crippen molar-refractivity contribution in [3.05, 3.63) is 0 Å². The number of nitrogens with zero attached hydrogens (tertiary/aromatic N) is 3. The van der Waals surface area contributed by atoms with Crippen molar-refractivity contribution in [2.75, 3.05) is 33.2 Å². The predicted octanol–water partition coefficient (Wildman–Crippen LogP) is 1.11. The second-order valence-electron chi connectivity index (χ2n) is 6.80. The quantitative estimate of drug-likeness (QED) is 0.763. The number of likely N-dealkylation sites (N-methyl/N-ethyl adjacent to an activating group) is 1. The molecule has 1 aliphatic heterocycles. The molecule has 1 saturated heterocycles. The molecule has 1 fully saturated rings. The summed E-state index contributed by atoms with van der Waals surface area (Å²) in [4.78, 5) is 29.2. The Morgan fingerprint density at radius 2 is 1.64 bits per heavy atom. The number of carbonyl (C=O) groups excluding carboxylic acids is 1. The number of carboxylic acid groups (broad SMARTS) is 1. The highest BCUT2D eigenvalue weighted by Crippen LogP contribution is 2.16. The van der Waals surface area contributed by atoms with Gasteiger partial charge >= 0.3 is 5.97 Å². The van der Waals surface area contributed by atoms with Crippen LogP contribution in [0.1, 0.15) is 40.5 Å². The number of carbonyl (C=O) groups is 2. The van der Waals surface area contributed by atoms with Gasteiger partial charge in [0.1, 0.15) is 0 Å². The fourth-order valence-electron chi connectivity index (χ4n) is 3.31. The van der Waals surface area contributed by atoms with E-state index in [1.807, 2.05) is 44.5 Å². The molecule has 0 aliphatic carbocycles. The Kier molecular flexibility index (Phi) is 7.29. The zero-order valence-electron chi connectivity index (χ0n) is 14.6. The molecule has 1 aliphatic rings. The first-order chi connectivity index (χ1) is 10.2. The van der Waals surface area contributed by atoms with Crippen LogP contribution >= 0.6 is 0 Å². The van der Waals surface area contributed by atoms with Gasteiger partial charge in [0, 0.05) is 31.2 Å². The van der Waals surface area contributed by atoms with Crippen LogP contribution in [0.25, 0.3) is 0 Å². The molecule has 1 heterocycles. The van der Waals surface area contributed by atoms with Gasteiger partial charge in [0.05, 0.1) is 13.1 Å². The van der Waals surface area contributed by atoms with Crippen molar-refractivity contribution in [1.29, 1.82) is 0 Å². The van der Waals surface area contributed by atoms with Gasteiger partial charge in [0.15, 0.2) is 0 Å². The monoisotopic (exact) mass is 313 g/mol. The Hall–Kier alpha value is -1.14. The minimum Gasteiger partial charge on any atom is -0.480 e. The first-order valence-corrected chi connectivity index (χ1v) is 8.18. The van der Waals surface area contributed by atoms with Gasteiger partial charge in [0.25, 0.3) is 0 Å². The van der Waals surface area contributed by atoms with Gasteiger partial charge in [-0.1, -0.05) is 0 Å². The number of amides is 1. The number of carboxylic acids is 1. The minimum absolute atomic E-state index is 0.0814. The summed E-state index contributed by atoms with van der Waals surface area (Å²) in [5.74, 6) is -0.605. The largest absolute Gasteiger partial charge is 0.480 e. The standard InChI is InChI=1S/C16H31N3O3/c1-12(2)19(13(3)4)15(20)10-18-8-6-14(7-9-18)17(5)11-16(21)22/h12-14H,6-11H2,1-5H3,(H,21,22). The van der Waals surface area contributed by atoms with E-state index in [-0.39, 0.29) is 24.5 Å². The molecule has 0 atom stereocenters. The zero-order valence-corrected chi connectivity index (χ0v) is 14.6. The van der Waals surface area contributed by atoms with Gasteiger partial charge in [-0.15, -0.1) is 0 Å². The molecule has 0 unspecified atom stereocenters. The van der Waals surface area contributed by atoms with Gasteiger partial charge in [-0.3, -0.25) is 19.4 Å². The summed E-state index contributed by atoms with van der Waals surface area (Å²) in [6.07, 6.45) is 1.83. The maximum atomic E-state index is 12.5. The summed E-state index contributed by atoms with van der Waals surface area (Å²) in [6.45, 7) is 10.4. The Morgan fingerprint density at radius 3 is 2.05 bits per heavy atom. The van der Waals surface area contributed by atoms with Crippen LogP contribution in [0, 0.1) is 0 Å². The number of aliphatic carboxylic acids is 1. The molecule has 0 radical (unpaired) electrons. The van der Waals surface area contributed by atoms with Crippen molar-refractivity contribution in [3.8, 4) is 0 Å². The Bertz CT molecular complexity index is 369. The smallest absolute Gasteiger partial charge is 0.317 e. The van der Waals surface area contributed by atoms with Crippen LogP contribution in [0.3, 0.4) is 0 Å². The van der Waals surface area contributed by atoms with E-state index in [0.29, 0.717) is 12.6 Å². The molecule has 0 aromatic heterocycles. The second kappa shape index (κ2) is 8.48. The fraction of sp³-hybridized carbons (Fsp3) is 0.875. The fourth-order valence-corrected chi connectivity index (χ4v) is 3.31. The molecule has 1 rings (SSSR count). The first-order valence-electron chi connectivity index (χ1n) is 8.18. The lowest BCUT2D eigenvalue weighted by Crippen LogP contribution is -2.50. The average Bonchev–Trinajstić information content (AvgIpc) is 2.37. The van der Waals surface area contributed by atoms with Crippen molar-refractivity contribution >= 4 is 11.9 Å². The molecule has 6 nitrogen and oxygen atoms in total. The van der Waals surface area contributed by atoms with E-state index < -0.39 is 5.97 Å². The number of piperidine rings is 1. The lowest BCUT2D eigenvalue weighted by molar-refractivity contribution is -0.138. The van der Waals surface area contributed by atoms with Crippen molar-refractivity contribution in [2.45, 2.75) is 58.7 Å². The molecule has 0 spiro atoms. The molecule has 0 saturated carbocycles. The van der Waals surface area contributed by atoms with E-state index in [2.05, 4.69) is 4.90 Å². The number of rotatable bonds is 7. The minimum atomic E-state index is -0.787. The second-order valence-corrected chi connectivity index (χ2v) is 6.80. The predicted molar refractivity (Wildman–Crippen MR) is 86.8 cm³/mol. The Labute approximate surface area is 134 Å². The van der Waals surface area contributed by atoms with E-state index in [0.717, 1.165) is 25.9 Å². The molecular formula is C16H31N3O3. The van der Waals surface area contributed by atoms with Gasteiger partial charge < -0.3 is 10.0 Å². The van der Waals surface area contributed by atoms with E-state index in [1.165, 1.54) is 0 Å². The summed E-state index contributed by atoms with van der Waals surface area (Å²) < 4.78 is 0. The molecule has 6 heteroatoms. The molecule has 1 N–H and O–H groups in total. The van der Waals surface area contributed by atoms with E-state index in [9.17, 15) is 9.59 Å². The normalized spacial score (nSPS) is 17.5. The molecule has 128 valence electrons. The SMILES string of the molecule is CC(C)N(C(=O)CN1CCC(N(C)CC(=O)O)CC1)C(C)C. The number of likely N-dealkylation sites (tertiary alicyclic amines) is 1. The molecule has 22 heavy (non-hydrogen) atoms. The molecule has 1 amide bonds. The van der Waals surface area contributed by atoms with E-state index in [4.69, 9.17) is 5.11 Å². The summed E-state index contributed by atoms with van der Waals surface area (Å²) in [7, 11) is 1.86. The zero-order chi connectivity index (χ0) is 16.9. The van der Waals surface area contributed by atoms with Crippen molar-refractivity contribution in [2.24, 2.45) is 0 Å². The summed E-state index contributed by atoms with van der Waals surface area (Å²) >= 11 is 0. The van der Waals surface area contributed by atoms with Crippen LogP contribution in [0.15, 0.2) is 0 Å². The summed E-state index contributed by atoms with van der Waals surface area (Å²) in [5.41, 5.74) is 0. The lowest BCUT2D eigenvalue weighted by atomic mass is 10.0. The van der Waals surface area contributed by atoms with Crippen LogP contribution < -0.4 is 0 Å². The summed E-state index contributed by atoms with van der Waals surface area (Å²) in [5, 5.41) is 8.85. The van der Waals surface area contributed by atoms with Crippen LogP contribution in [-0.4, -0.2) is 83.0 Å². The number of hydrogen-bond acceptors (Lipinski definition) is 4. The molecule has 0 aromatic rings. The van der Waals surface area contributed by atoms with Gasteiger partial charge in [-0.2, -0.15) is 0 Å². The molecular weight excluding hydrogens is 282 g/mol. The topological polar surface area (TPSA) is 64.1 Å². The highest BCUT2D eigenvalue weighted by Gasteiger charge is 2.27. The van der Waals surface area contributed by atoms with E-state index >= 15 is 0 Å². The van der Waals surface area contributed by atoms with E-state index in [1.54, 1.807) is 0 Å². The highest BCUT2D eigenvalue weighted by molar-refractivity contribution is 5.78. The third kappa shape index (κ3) is 5.57. The van der Waals surface area contributed by atoms with Gasteiger partial charge in [-0.05, 0) is 47.6 Å². The van der Waals surface area contributed by atoms with Crippen LogP contribution in [0.2, 0.25) is 0 Å². The van der Waals surface area contributed by atoms with Gasteiger partial charge in [0.2, 0.25) is 5.91 Å². The maximum Gasteiger partial charge on any atom is 0.317 e. The maximum absolute atomic E-state index is 12.5. The van der Waals surface area contributed by atoms with Crippen LogP contribution in [0.4, 0.5) is 0 Å². The first kappa shape index (κ1) is 18.9. The molecule has 0 aromatic carbocycles. The third-order valence-electron chi connectivity index (χ3n) is 4.32. The Balaban J connectivity index is 2.45. The lowest BCUT2D eigenvalue weighted by Gasteiger charge is -2.38. The Morgan fingerprint density at radius 1 is 1.14 bits per heavy atom. The summed E-state index contributed by atoms with van der Waals surface area (Å²) in [6, 6.07) is 0.729. The van der Waals surface area contributed by atoms with Crippen molar-refractivity contribution in [1.82, 2.24) is 14.7 Å². The van der Waals surface area contributed by atoms with Crippen LogP contribution in [-0.2, 0) is 9.59 Å². The third-order valence-corrected chi connectivity index (χ3v) is 4.32. The van der Waals surface area contributed by atoms with Crippen LogP contribution in [0.5, 0.6) is 0 Å². The highest BCUT2D eigenvalue weighted by atomic mass is 16.4.